The summed E-state index contributed by atoms with van der Waals surface area (Å²) in [6.45, 7) is 9.52. The fraction of sp³-hybridized carbons (Fsp3) is 0.926. The monoisotopic (exact) mass is 837 g/mol. The van der Waals surface area contributed by atoms with E-state index in [2.05, 4.69) is 39.8 Å². The molecule has 0 saturated heterocycles. The van der Waals surface area contributed by atoms with Crippen molar-refractivity contribution >= 4 is 11.9 Å². The number of hydrogen-bond donors (Lipinski definition) is 3. The third-order valence-electron chi connectivity index (χ3n) is 11.6. The lowest BCUT2D eigenvalue weighted by molar-refractivity contribution is -0.138. The van der Waals surface area contributed by atoms with Gasteiger partial charge < -0.3 is 15.3 Å². The van der Waals surface area contributed by atoms with E-state index in [0.29, 0.717) is 19.4 Å². The number of aliphatic hydroxyl groups excluding tert-OH is 1. The van der Waals surface area contributed by atoms with Gasteiger partial charge in [0.2, 0.25) is 0 Å². The second kappa shape index (κ2) is 58.7. The summed E-state index contributed by atoms with van der Waals surface area (Å²) in [6.07, 6.45) is 60.7. The topological polar surface area (TPSA) is 94.8 Å². The lowest BCUT2D eigenvalue weighted by atomic mass is 10.0. The zero-order chi connectivity index (χ0) is 44.0. The zero-order valence-corrected chi connectivity index (χ0v) is 40.7. The minimum absolute atomic E-state index is 0.344. The third kappa shape index (κ3) is 71.5. The Morgan fingerprint density at radius 1 is 0.356 bits per heavy atom. The molecule has 5 nitrogen and oxygen atoms in total. The standard InChI is InChI=1S/2C18H36O2.C18H36O/c1-17(2)15-13-11-9-7-5-3-4-6-8-10-12-14-16-18(19)20;1-2-3-4-5-6-7-8-9-10-11-12-13-14-15-16-17-18(19)20;1-2-3-4-5-6-7-8-9-10-11-12-13-14-15-16-17-18-19/h17H,3-16H2,1-2H3,(H,19,20);2-17H2,1H3,(H,19,20);9-10,19H,2-8,11-18H2,1H3/b;;10-9-. The summed E-state index contributed by atoms with van der Waals surface area (Å²) in [7, 11) is 0. The number of allylic oxidation sites excluding steroid dienone is 2. The lowest BCUT2D eigenvalue weighted by Gasteiger charge is -2.04. The van der Waals surface area contributed by atoms with E-state index < -0.39 is 11.9 Å². The molecule has 0 aromatic heterocycles. The van der Waals surface area contributed by atoms with Crippen molar-refractivity contribution in [2.75, 3.05) is 6.61 Å². The highest BCUT2D eigenvalue weighted by molar-refractivity contribution is 5.66. The molecule has 354 valence electrons. The van der Waals surface area contributed by atoms with Crippen molar-refractivity contribution in [1.82, 2.24) is 0 Å². The van der Waals surface area contributed by atoms with Crippen molar-refractivity contribution in [3.05, 3.63) is 12.2 Å². The van der Waals surface area contributed by atoms with Crippen LogP contribution in [-0.2, 0) is 9.59 Å². The maximum atomic E-state index is 10.3. The summed E-state index contributed by atoms with van der Waals surface area (Å²) in [5, 5.41) is 25.7. The van der Waals surface area contributed by atoms with E-state index >= 15 is 0 Å². The number of aliphatic carboxylic acids is 2. The largest absolute Gasteiger partial charge is 0.481 e. The number of unbranched alkanes of at least 4 members (excludes halogenated alkanes) is 37. The van der Waals surface area contributed by atoms with Gasteiger partial charge in [0.25, 0.3) is 0 Å². The summed E-state index contributed by atoms with van der Waals surface area (Å²) < 4.78 is 0. The Labute approximate surface area is 370 Å². The first kappa shape index (κ1) is 61.9. The number of rotatable bonds is 46. The summed E-state index contributed by atoms with van der Waals surface area (Å²) in [6, 6.07) is 0. The Morgan fingerprint density at radius 2 is 0.593 bits per heavy atom. The number of carboxylic acids is 2. The molecular weight excluding hydrogens is 729 g/mol. The van der Waals surface area contributed by atoms with Crippen LogP contribution in [0, 0.1) is 5.92 Å². The maximum absolute atomic E-state index is 10.3. The van der Waals surface area contributed by atoms with Gasteiger partial charge in [-0.15, -0.1) is 0 Å². The van der Waals surface area contributed by atoms with Crippen LogP contribution in [0.4, 0.5) is 0 Å². The molecule has 0 aliphatic rings. The van der Waals surface area contributed by atoms with Gasteiger partial charge in [0.15, 0.2) is 0 Å². The van der Waals surface area contributed by atoms with Crippen LogP contribution in [0.3, 0.4) is 0 Å². The Morgan fingerprint density at radius 3 is 0.847 bits per heavy atom. The summed E-state index contributed by atoms with van der Waals surface area (Å²) >= 11 is 0. The molecule has 0 spiro atoms. The van der Waals surface area contributed by atoms with E-state index in [4.69, 9.17) is 15.3 Å². The van der Waals surface area contributed by atoms with Gasteiger partial charge in [0, 0.05) is 19.4 Å². The van der Waals surface area contributed by atoms with Crippen molar-refractivity contribution in [3.8, 4) is 0 Å². The molecule has 0 aliphatic heterocycles. The summed E-state index contributed by atoms with van der Waals surface area (Å²) in [5.41, 5.74) is 0. The molecule has 0 aromatic carbocycles. The number of carboxylic acid groups (broad SMARTS) is 2. The van der Waals surface area contributed by atoms with Crippen molar-refractivity contribution in [3.63, 3.8) is 0 Å². The molecule has 0 aliphatic carbocycles. The van der Waals surface area contributed by atoms with Gasteiger partial charge in [0.1, 0.15) is 0 Å². The second-order valence-electron chi connectivity index (χ2n) is 18.3. The fourth-order valence-electron chi connectivity index (χ4n) is 7.60. The molecule has 0 fully saturated rings. The molecule has 3 N–H and O–H groups in total. The van der Waals surface area contributed by atoms with E-state index in [1.54, 1.807) is 0 Å². The maximum Gasteiger partial charge on any atom is 0.303 e. The fourth-order valence-corrected chi connectivity index (χ4v) is 7.60. The van der Waals surface area contributed by atoms with E-state index in [-0.39, 0.29) is 0 Å². The van der Waals surface area contributed by atoms with Gasteiger partial charge in [-0.25, -0.2) is 0 Å². The highest BCUT2D eigenvalue weighted by atomic mass is 16.4. The molecule has 5 heteroatoms. The average molecular weight is 837 g/mol. The van der Waals surface area contributed by atoms with Gasteiger partial charge in [-0.05, 0) is 50.9 Å². The van der Waals surface area contributed by atoms with Crippen LogP contribution < -0.4 is 0 Å². The predicted octanol–water partition coefficient (Wildman–Crippen LogP) is 18.5. The van der Waals surface area contributed by atoms with Crippen LogP contribution in [0.15, 0.2) is 12.2 Å². The van der Waals surface area contributed by atoms with Crippen LogP contribution in [0.2, 0.25) is 0 Å². The molecule has 0 bridgehead atoms. The predicted molar refractivity (Wildman–Crippen MR) is 261 cm³/mol. The first-order chi connectivity index (χ1) is 28.8. The van der Waals surface area contributed by atoms with Gasteiger partial charge in [0.05, 0.1) is 0 Å². The zero-order valence-electron chi connectivity index (χ0n) is 40.7. The highest BCUT2D eigenvalue weighted by Crippen LogP contribution is 2.16. The quantitative estimate of drug-likeness (QED) is 0.0419. The normalized spacial score (nSPS) is 11.2. The first-order valence-corrected chi connectivity index (χ1v) is 26.5. The van der Waals surface area contributed by atoms with Gasteiger partial charge in [-0.1, -0.05) is 265 Å². The van der Waals surface area contributed by atoms with Gasteiger partial charge >= 0.3 is 11.9 Å². The van der Waals surface area contributed by atoms with Gasteiger partial charge in [-0.2, -0.15) is 0 Å². The molecule has 0 aromatic rings. The second-order valence-corrected chi connectivity index (χ2v) is 18.3. The Bertz CT molecular complexity index is 794. The van der Waals surface area contributed by atoms with Crippen LogP contribution >= 0.6 is 0 Å². The van der Waals surface area contributed by atoms with E-state index in [9.17, 15) is 9.59 Å². The van der Waals surface area contributed by atoms with Crippen molar-refractivity contribution in [1.29, 1.82) is 0 Å². The highest BCUT2D eigenvalue weighted by Gasteiger charge is 1.99. The Kier molecular flexibility index (Phi) is 61.7. The number of carbonyl (C=O) groups is 2. The molecule has 0 atom stereocenters. The van der Waals surface area contributed by atoms with Gasteiger partial charge in [-0.3, -0.25) is 9.59 Å². The third-order valence-corrected chi connectivity index (χ3v) is 11.6. The van der Waals surface area contributed by atoms with E-state index in [1.807, 2.05) is 0 Å². The van der Waals surface area contributed by atoms with Crippen LogP contribution in [0.25, 0.3) is 0 Å². The molecule has 0 radical (unpaired) electrons. The Balaban J connectivity index is -0.000000798. The molecular formula is C54H108O5. The number of aliphatic hydroxyl groups is 1. The molecule has 59 heavy (non-hydrogen) atoms. The van der Waals surface area contributed by atoms with Crippen LogP contribution in [-0.4, -0.2) is 33.9 Å². The van der Waals surface area contributed by atoms with Crippen LogP contribution in [0.1, 0.15) is 310 Å². The van der Waals surface area contributed by atoms with Crippen molar-refractivity contribution < 1.29 is 24.9 Å². The molecule has 0 heterocycles. The smallest absolute Gasteiger partial charge is 0.303 e. The summed E-state index contributed by atoms with van der Waals surface area (Å²) in [4.78, 5) is 20.7. The minimum Gasteiger partial charge on any atom is -0.481 e. The average Bonchev–Trinajstić information content (AvgIpc) is 3.21. The lowest BCUT2D eigenvalue weighted by Crippen LogP contribution is -1.93. The molecule has 0 rings (SSSR count). The first-order valence-electron chi connectivity index (χ1n) is 26.5. The Hall–Kier alpha value is -1.36. The van der Waals surface area contributed by atoms with E-state index in [1.165, 1.54) is 238 Å². The molecule has 0 amide bonds. The summed E-state index contributed by atoms with van der Waals surface area (Å²) in [5.74, 6) is -0.441. The molecule has 0 saturated carbocycles. The van der Waals surface area contributed by atoms with Crippen molar-refractivity contribution in [2.24, 2.45) is 5.92 Å². The van der Waals surface area contributed by atoms with Crippen LogP contribution in [0.5, 0.6) is 0 Å². The number of hydrogen-bond acceptors (Lipinski definition) is 3. The SMILES string of the molecule is CC(C)CCCCCCCCCCCCCCC(=O)O.CCCCCCCC/C=C\CCCCCCCCO.CCCCCCCCCCCCCCCCCC(=O)O. The van der Waals surface area contributed by atoms with E-state index in [0.717, 1.165) is 38.0 Å². The minimum atomic E-state index is -0.654. The molecule has 0 unspecified atom stereocenters. The van der Waals surface area contributed by atoms with Crippen molar-refractivity contribution in [2.45, 2.75) is 310 Å².